The fourth-order valence-corrected chi connectivity index (χ4v) is 3.33. The molecule has 3 rings (SSSR count). The minimum absolute atomic E-state index is 0.0546. The number of nitrogens with zero attached hydrogens (tertiary/aromatic N) is 4. The van der Waals surface area contributed by atoms with Crippen molar-refractivity contribution in [2.24, 2.45) is 28.7 Å². The Bertz CT molecular complexity index is 936. The highest BCUT2D eigenvalue weighted by molar-refractivity contribution is 7.99. The molecule has 7 heteroatoms. The molecule has 4 N–H and O–H groups in total. The van der Waals surface area contributed by atoms with Gasteiger partial charge in [-0.2, -0.15) is 5.10 Å². The van der Waals surface area contributed by atoms with Crippen molar-refractivity contribution in [3.05, 3.63) is 54.4 Å². The molecule has 0 atom stereocenters. The molecular weight excluding hydrogens is 332 g/mol. The Labute approximate surface area is 150 Å². The highest BCUT2D eigenvalue weighted by atomic mass is 32.2. The van der Waals surface area contributed by atoms with E-state index in [0.29, 0.717) is 0 Å². The number of benzene rings is 1. The van der Waals surface area contributed by atoms with Gasteiger partial charge in [-0.1, -0.05) is 19.1 Å². The van der Waals surface area contributed by atoms with Crippen molar-refractivity contribution in [3.63, 3.8) is 0 Å². The molecular formula is C18H21N6S+. The van der Waals surface area contributed by atoms with Gasteiger partial charge in [-0.05, 0) is 29.5 Å². The maximum atomic E-state index is 5.25. The molecule has 0 aliphatic carbocycles. The third-order valence-corrected chi connectivity index (χ3v) is 4.65. The summed E-state index contributed by atoms with van der Waals surface area (Å²) in [4.78, 5) is 1.27. The van der Waals surface area contributed by atoms with E-state index < -0.39 is 0 Å². The monoisotopic (exact) mass is 353 g/mol. The second-order valence-corrected chi connectivity index (χ2v) is 6.87. The van der Waals surface area contributed by atoms with Crippen molar-refractivity contribution in [3.8, 4) is 11.3 Å². The lowest BCUT2D eigenvalue weighted by molar-refractivity contribution is -0.512. The van der Waals surface area contributed by atoms with Crippen LogP contribution >= 0.6 is 11.8 Å². The third kappa shape index (κ3) is 3.83. The van der Waals surface area contributed by atoms with Gasteiger partial charge in [-0.15, -0.1) is 16.9 Å². The fraction of sp³-hybridized carbons (Fsp3) is 0.167. The lowest BCUT2D eigenvalue weighted by Gasteiger charge is -1.98. The number of aromatic nitrogens is 2. The van der Waals surface area contributed by atoms with Gasteiger partial charge in [0.2, 0.25) is 5.96 Å². The molecule has 0 amide bonds. The second-order valence-electron chi connectivity index (χ2n) is 5.53. The number of nitrogens with two attached hydrogens (primary N) is 2. The molecule has 0 spiro atoms. The maximum absolute atomic E-state index is 5.25. The van der Waals surface area contributed by atoms with Gasteiger partial charge in [0.1, 0.15) is 12.4 Å². The Morgan fingerprint density at radius 2 is 1.92 bits per heavy atom. The lowest BCUT2D eigenvalue weighted by Crippen LogP contribution is -2.21. The number of hydrogen-bond donors (Lipinski definition) is 2. The summed E-state index contributed by atoms with van der Waals surface area (Å²) in [5, 5.41) is 7.42. The van der Waals surface area contributed by atoms with E-state index in [0.717, 1.165) is 28.2 Å². The summed E-state index contributed by atoms with van der Waals surface area (Å²) >= 11 is 1.84. The Hall–Kier alpha value is -2.80. The zero-order valence-electron chi connectivity index (χ0n) is 14.3. The van der Waals surface area contributed by atoms with Crippen LogP contribution in [0.25, 0.3) is 16.9 Å². The van der Waals surface area contributed by atoms with Crippen LogP contribution in [0.5, 0.6) is 0 Å². The van der Waals surface area contributed by atoms with Crippen molar-refractivity contribution in [2.45, 2.75) is 11.8 Å². The Morgan fingerprint density at radius 3 is 2.60 bits per heavy atom. The standard InChI is InChI=1S/C18H21N6S/c1-3-25-15-8-9-17-23(2)16(12-24(17)11-15)14-6-4-13(5-7-14)10-21-22-18(19)20/h4-12H,3H2,1-2H3,(H4,19,20,22)/q+1/b21-10+. The average Bonchev–Trinajstić information content (AvgIpc) is 2.92. The zero-order valence-corrected chi connectivity index (χ0v) is 15.1. The quantitative estimate of drug-likeness (QED) is 0.242. The van der Waals surface area contributed by atoms with E-state index in [-0.39, 0.29) is 5.96 Å². The molecule has 0 fully saturated rings. The van der Waals surface area contributed by atoms with Crippen LogP contribution in [0, 0.1) is 0 Å². The van der Waals surface area contributed by atoms with Gasteiger partial charge >= 0.3 is 0 Å². The summed E-state index contributed by atoms with van der Waals surface area (Å²) in [7, 11) is 2.07. The van der Waals surface area contributed by atoms with Crippen LogP contribution < -0.4 is 15.9 Å². The minimum Gasteiger partial charge on any atom is -0.369 e. The van der Waals surface area contributed by atoms with Crippen LogP contribution in [-0.2, 0) is 7.05 Å². The number of pyridine rings is 1. The fourth-order valence-electron chi connectivity index (χ4n) is 2.64. The summed E-state index contributed by atoms with van der Waals surface area (Å²) in [5.74, 6) is 1.01. The Morgan fingerprint density at radius 1 is 1.16 bits per heavy atom. The molecule has 25 heavy (non-hydrogen) atoms. The lowest BCUT2D eigenvalue weighted by atomic mass is 10.1. The topological polar surface area (TPSA) is 85.8 Å². The largest absolute Gasteiger partial charge is 0.369 e. The molecule has 0 unspecified atom stereocenters. The molecule has 1 aromatic carbocycles. The number of rotatable bonds is 5. The Kier molecular flexibility index (Phi) is 5.04. The van der Waals surface area contributed by atoms with E-state index in [1.165, 1.54) is 4.90 Å². The molecule has 0 bridgehead atoms. The van der Waals surface area contributed by atoms with Crippen molar-refractivity contribution >= 4 is 29.6 Å². The number of fused-ring (bicyclic) bond motifs is 1. The van der Waals surface area contributed by atoms with Crippen LogP contribution in [-0.4, -0.2) is 22.5 Å². The van der Waals surface area contributed by atoms with Crippen LogP contribution in [0.15, 0.2) is 63.9 Å². The van der Waals surface area contributed by atoms with Crippen molar-refractivity contribution < 1.29 is 4.40 Å². The minimum atomic E-state index is -0.0546. The molecule has 0 radical (unpaired) electrons. The summed E-state index contributed by atoms with van der Waals surface area (Å²) in [6.07, 6.45) is 5.94. The predicted octanol–water partition coefficient (Wildman–Crippen LogP) is 2.15. The SMILES string of the molecule is CCSc1ccc2n(C)c(-c3ccc(/C=N/N=C(N)N)cc3)c[n+]2c1. The molecule has 0 saturated carbocycles. The molecule has 0 saturated heterocycles. The van der Waals surface area contributed by atoms with E-state index >= 15 is 0 Å². The first-order valence-corrected chi connectivity index (χ1v) is 8.93. The maximum Gasteiger partial charge on any atom is 0.286 e. The van der Waals surface area contributed by atoms with Crippen molar-refractivity contribution in [2.75, 3.05) is 5.75 Å². The van der Waals surface area contributed by atoms with E-state index in [2.05, 4.69) is 69.8 Å². The smallest absolute Gasteiger partial charge is 0.286 e. The first-order valence-electron chi connectivity index (χ1n) is 7.94. The molecule has 3 aromatic rings. The number of hydrogen-bond acceptors (Lipinski definition) is 3. The highest BCUT2D eigenvalue weighted by Crippen LogP contribution is 2.22. The zero-order chi connectivity index (χ0) is 17.8. The normalized spacial score (nSPS) is 11.3. The molecule has 0 aliphatic heterocycles. The molecule has 128 valence electrons. The molecule has 2 heterocycles. The van der Waals surface area contributed by atoms with Gasteiger partial charge in [0.05, 0.1) is 13.3 Å². The highest BCUT2D eigenvalue weighted by Gasteiger charge is 2.16. The first-order chi connectivity index (χ1) is 12.1. The van der Waals surface area contributed by atoms with E-state index in [9.17, 15) is 0 Å². The summed E-state index contributed by atoms with van der Waals surface area (Å²) in [5.41, 5.74) is 14.9. The Balaban J connectivity index is 1.92. The van der Waals surface area contributed by atoms with Gasteiger partial charge in [-0.25, -0.2) is 8.97 Å². The number of guanidine groups is 1. The van der Waals surface area contributed by atoms with E-state index in [1.54, 1.807) is 6.21 Å². The van der Waals surface area contributed by atoms with Crippen molar-refractivity contribution in [1.82, 2.24) is 4.57 Å². The second kappa shape index (κ2) is 7.40. The van der Waals surface area contributed by atoms with Crippen LogP contribution in [0.4, 0.5) is 0 Å². The molecule has 2 aromatic heterocycles. The van der Waals surface area contributed by atoms with Gasteiger partial charge in [0, 0.05) is 16.5 Å². The molecule has 6 nitrogen and oxygen atoms in total. The van der Waals surface area contributed by atoms with Crippen LogP contribution in [0.2, 0.25) is 0 Å². The van der Waals surface area contributed by atoms with Gasteiger partial charge < -0.3 is 11.5 Å². The van der Waals surface area contributed by atoms with Crippen LogP contribution in [0.1, 0.15) is 12.5 Å². The first kappa shape index (κ1) is 17.0. The van der Waals surface area contributed by atoms with E-state index in [1.807, 2.05) is 23.9 Å². The average molecular weight is 353 g/mol. The summed E-state index contributed by atoms with van der Waals surface area (Å²) in [6.45, 7) is 2.16. The molecule has 0 aliphatic rings. The van der Waals surface area contributed by atoms with Crippen molar-refractivity contribution in [1.29, 1.82) is 0 Å². The third-order valence-electron chi connectivity index (χ3n) is 3.79. The summed E-state index contributed by atoms with van der Waals surface area (Å²) < 4.78 is 4.35. The van der Waals surface area contributed by atoms with Gasteiger partial charge in [0.25, 0.3) is 5.65 Å². The number of aryl methyl sites for hydroxylation is 1. The number of imidazole rings is 1. The predicted molar refractivity (Wildman–Crippen MR) is 104 cm³/mol. The van der Waals surface area contributed by atoms with Gasteiger partial charge in [-0.3, -0.25) is 0 Å². The summed E-state index contributed by atoms with van der Waals surface area (Å²) in [6, 6.07) is 12.4. The van der Waals surface area contributed by atoms with Crippen LogP contribution in [0.3, 0.4) is 0 Å². The van der Waals surface area contributed by atoms with E-state index in [4.69, 9.17) is 11.5 Å². The van der Waals surface area contributed by atoms with Gasteiger partial charge in [0.15, 0.2) is 5.69 Å². The number of thioether (sulfide) groups is 1.